The van der Waals surface area contributed by atoms with Gasteiger partial charge in [-0.2, -0.15) is 0 Å². The Morgan fingerprint density at radius 1 is 1.14 bits per heavy atom. The number of aromatic nitrogens is 2. The van der Waals surface area contributed by atoms with E-state index in [1.54, 1.807) is 24.4 Å². The number of benzene rings is 1. The quantitative estimate of drug-likeness (QED) is 0.575. The van der Waals surface area contributed by atoms with Gasteiger partial charge >= 0.3 is 5.97 Å². The predicted molar refractivity (Wildman–Crippen MR) is 77.9 cm³/mol. The van der Waals surface area contributed by atoms with E-state index in [0.29, 0.717) is 27.2 Å². The first kappa shape index (κ1) is 13.3. The fourth-order valence-corrected chi connectivity index (χ4v) is 2.22. The second-order valence-electron chi connectivity index (χ2n) is 4.47. The average Bonchev–Trinajstić information content (AvgIpc) is 2.90. The summed E-state index contributed by atoms with van der Waals surface area (Å²) in [4.78, 5) is 30.2. The van der Waals surface area contributed by atoms with Crippen molar-refractivity contribution in [3.05, 3.63) is 64.6 Å². The van der Waals surface area contributed by atoms with Crippen LogP contribution in [0.3, 0.4) is 0 Å². The van der Waals surface area contributed by atoms with Crippen molar-refractivity contribution in [1.29, 1.82) is 0 Å². The minimum atomic E-state index is -1.01. The van der Waals surface area contributed by atoms with Crippen LogP contribution in [-0.4, -0.2) is 26.8 Å². The third-order valence-electron chi connectivity index (χ3n) is 3.16. The number of nitrogens with zero attached hydrogens (tertiary/aromatic N) is 1. The number of hydrogen-bond donors (Lipinski definition) is 2. The number of fused-ring (bicyclic) bond motifs is 1. The highest BCUT2D eigenvalue weighted by Crippen LogP contribution is 2.22. The van der Waals surface area contributed by atoms with Gasteiger partial charge in [-0.3, -0.25) is 4.79 Å². The van der Waals surface area contributed by atoms with Gasteiger partial charge in [-0.25, -0.2) is 9.78 Å². The number of carbonyl (C=O) groups excluding carboxylic acids is 1. The SMILES string of the molecule is O=C(O)c1ccc2c(C(=O)c3ccc(Cl)nc3)c[nH]c2c1. The van der Waals surface area contributed by atoms with Crippen molar-refractivity contribution in [2.75, 3.05) is 0 Å². The van der Waals surface area contributed by atoms with Crippen molar-refractivity contribution < 1.29 is 14.7 Å². The maximum atomic E-state index is 12.4. The maximum Gasteiger partial charge on any atom is 0.335 e. The summed E-state index contributed by atoms with van der Waals surface area (Å²) in [5.41, 5.74) is 1.64. The molecule has 0 amide bonds. The topological polar surface area (TPSA) is 83.0 Å². The molecule has 0 fully saturated rings. The summed E-state index contributed by atoms with van der Waals surface area (Å²) in [5.74, 6) is -1.21. The van der Waals surface area contributed by atoms with Crippen LogP contribution in [0.2, 0.25) is 5.15 Å². The highest BCUT2D eigenvalue weighted by molar-refractivity contribution is 6.29. The number of halogens is 1. The van der Waals surface area contributed by atoms with Gasteiger partial charge in [0.05, 0.1) is 5.56 Å². The lowest BCUT2D eigenvalue weighted by Gasteiger charge is -2.00. The molecule has 2 N–H and O–H groups in total. The average molecular weight is 301 g/mol. The molecule has 2 aromatic heterocycles. The zero-order valence-corrected chi connectivity index (χ0v) is 11.4. The van der Waals surface area contributed by atoms with Crippen molar-refractivity contribution in [3.8, 4) is 0 Å². The van der Waals surface area contributed by atoms with Crippen molar-refractivity contribution in [2.45, 2.75) is 0 Å². The van der Waals surface area contributed by atoms with Crippen LogP contribution in [0.25, 0.3) is 10.9 Å². The predicted octanol–water partition coefficient (Wildman–Crippen LogP) is 3.15. The molecule has 0 aliphatic carbocycles. The first-order valence-electron chi connectivity index (χ1n) is 6.07. The molecule has 0 aliphatic heterocycles. The third-order valence-corrected chi connectivity index (χ3v) is 3.39. The molecule has 21 heavy (non-hydrogen) atoms. The van der Waals surface area contributed by atoms with Crippen molar-refractivity contribution >= 4 is 34.3 Å². The molecule has 104 valence electrons. The molecule has 2 heterocycles. The zero-order valence-electron chi connectivity index (χ0n) is 10.6. The molecule has 3 rings (SSSR count). The number of rotatable bonds is 3. The number of carbonyl (C=O) groups is 2. The Labute approximate surface area is 124 Å². The molecule has 6 heteroatoms. The van der Waals surface area contributed by atoms with Crippen molar-refractivity contribution in [1.82, 2.24) is 9.97 Å². The summed E-state index contributed by atoms with van der Waals surface area (Å²) in [7, 11) is 0. The second-order valence-corrected chi connectivity index (χ2v) is 4.85. The Kier molecular flexibility index (Phi) is 3.19. The minimum Gasteiger partial charge on any atom is -0.478 e. The Balaban J connectivity index is 2.06. The molecular formula is C15H9ClN2O3. The van der Waals surface area contributed by atoms with E-state index >= 15 is 0 Å². The third kappa shape index (κ3) is 2.39. The number of carboxylic acids is 1. The van der Waals surface area contributed by atoms with Crippen LogP contribution >= 0.6 is 11.6 Å². The molecule has 5 nitrogen and oxygen atoms in total. The summed E-state index contributed by atoms with van der Waals surface area (Å²) < 4.78 is 0. The van der Waals surface area contributed by atoms with Crippen LogP contribution in [0.5, 0.6) is 0 Å². The largest absolute Gasteiger partial charge is 0.478 e. The number of pyridine rings is 1. The Morgan fingerprint density at radius 3 is 2.57 bits per heavy atom. The number of carboxylic acid groups (broad SMARTS) is 1. The van der Waals surface area contributed by atoms with Gasteiger partial charge in [0, 0.05) is 34.4 Å². The standard InChI is InChI=1S/C15H9ClN2O3/c16-13-4-2-9(6-18-13)14(19)11-7-17-12-5-8(15(20)21)1-3-10(11)12/h1-7,17H,(H,20,21). The summed E-state index contributed by atoms with van der Waals surface area (Å²) in [6.45, 7) is 0. The minimum absolute atomic E-state index is 0.163. The van der Waals surface area contributed by atoms with E-state index in [-0.39, 0.29) is 11.3 Å². The lowest BCUT2D eigenvalue weighted by atomic mass is 10.0. The smallest absolute Gasteiger partial charge is 0.335 e. The van der Waals surface area contributed by atoms with Gasteiger partial charge < -0.3 is 10.1 Å². The van der Waals surface area contributed by atoms with Gasteiger partial charge in [-0.15, -0.1) is 0 Å². The summed E-state index contributed by atoms with van der Waals surface area (Å²) in [6, 6.07) is 7.73. The summed E-state index contributed by atoms with van der Waals surface area (Å²) in [5, 5.41) is 9.95. The number of H-pyrrole nitrogens is 1. The van der Waals surface area contributed by atoms with Crippen LogP contribution in [0.4, 0.5) is 0 Å². The van der Waals surface area contributed by atoms with E-state index in [0.717, 1.165) is 0 Å². The van der Waals surface area contributed by atoms with E-state index in [4.69, 9.17) is 16.7 Å². The van der Waals surface area contributed by atoms with Crippen molar-refractivity contribution in [2.24, 2.45) is 0 Å². The molecule has 0 saturated heterocycles. The number of nitrogens with one attached hydrogen (secondary N) is 1. The molecule has 0 spiro atoms. The van der Waals surface area contributed by atoms with E-state index in [1.807, 2.05) is 0 Å². The van der Waals surface area contributed by atoms with E-state index in [2.05, 4.69) is 9.97 Å². The molecule has 0 atom stereocenters. The molecule has 0 bridgehead atoms. The van der Waals surface area contributed by atoms with Gasteiger partial charge in [0.1, 0.15) is 5.15 Å². The molecular weight excluding hydrogens is 292 g/mol. The van der Waals surface area contributed by atoms with E-state index in [9.17, 15) is 9.59 Å². The van der Waals surface area contributed by atoms with Crippen LogP contribution in [0, 0.1) is 0 Å². The Hall–Kier alpha value is -2.66. The first-order chi connectivity index (χ1) is 10.1. The van der Waals surface area contributed by atoms with Crippen LogP contribution in [0.15, 0.2) is 42.7 Å². The lowest BCUT2D eigenvalue weighted by Crippen LogP contribution is -2.01. The zero-order chi connectivity index (χ0) is 15.0. The fraction of sp³-hybridized carbons (Fsp3) is 0. The Morgan fingerprint density at radius 2 is 1.90 bits per heavy atom. The monoisotopic (exact) mass is 300 g/mol. The number of aromatic carboxylic acids is 1. The molecule has 0 unspecified atom stereocenters. The molecule has 0 radical (unpaired) electrons. The first-order valence-corrected chi connectivity index (χ1v) is 6.45. The van der Waals surface area contributed by atoms with Crippen LogP contribution in [0.1, 0.15) is 26.3 Å². The van der Waals surface area contributed by atoms with E-state index in [1.165, 1.54) is 18.3 Å². The molecule has 0 saturated carbocycles. The summed E-state index contributed by atoms with van der Waals surface area (Å²) in [6.07, 6.45) is 2.97. The Bertz CT molecular complexity index is 853. The highest BCUT2D eigenvalue weighted by Gasteiger charge is 2.15. The highest BCUT2D eigenvalue weighted by atomic mass is 35.5. The van der Waals surface area contributed by atoms with Gasteiger partial charge in [-0.1, -0.05) is 17.7 Å². The van der Waals surface area contributed by atoms with E-state index < -0.39 is 5.97 Å². The fourth-order valence-electron chi connectivity index (χ4n) is 2.11. The molecule has 3 aromatic rings. The maximum absolute atomic E-state index is 12.4. The van der Waals surface area contributed by atoms with Crippen molar-refractivity contribution in [3.63, 3.8) is 0 Å². The normalized spacial score (nSPS) is 10.7. The number of hydrogen-bond acceptors (Lipinski definition) is 3. The molecule has 1 aromatic carbocycles. The van der Waals surface area contributed by atoms with Gasteiger partial charge in [0.15, 0.2) is 5.78 Å². The van der Waals surface area contributed by atoms with Gasteiger partial charge in [-0.05, 0) is 24.3 Å². The van der Waals surface area contributed by atoms with Crippen LogP contribution in [-0.2, 0) is 0 Å². The number of aromatic amines is 1. The summed E-state index contributed by atoms with van der Waals surface area (Å²) >= 11 is 5.70. The number of ketones is 1. The van der Waals surface area contributed by atoms with Crippen LogP contribution < -0.4 is 0 Å². The molecule has 0 aliphatic rings. The van der Waals surface area contributed by atoms with Gasteiger partial charge in [0.2, 0.25) is 0 Å². The second kappa shape index (κ2) is 5.03. The lowest BCUT2D eigenvalue weighted by molar-refractivity contribution is 0.0697. The van der Waals surface area contributed by atoms with Gasteiger partial charge in [0.25, 0.3) is 0 Å².